The zero-order valence-corrected chi connectivity index (χ0v) is 81.3. The number of benzene rings is 1. The third-order valence-electron chi connectivity index (χ3n) is 23.2. The molecular weight excluding hydrogens is 1920 g/mol. The summed E-state index contributed by atoms with van der Waals surface area (Å²) in [5.41, 5.74) is 24.1. The Hall–Kier alpha value is -18.9. The van der Waals surface area contributed by atoms with Gasteiger partial charge in [-0.15, -0.1) is 40.8 Å². The number of thiazole rings is 1. The molecule has 0 bridgehead atoms. The molecule has 1 aromatic carbocycles. The molecule has 44 nitrogen and oxygen atoms in total. The van der Waals surface area contributed by atoms with Crippen LogP contribution in [0.3, 0.4) is 0 Å². The number of oxime groups is 1. The Bertz CT molecular complexity index is 9000. The molecule has 1 unspecified atom stereocenters. The number of pyridine rings is 10. The van der Waals surface area contributed by atoms with Gasteiger partial charge in [0.05, 0.1) is 193 Å². The SMILES string of the molecule is COc1cnc2c(NCc3nnc4ccc(-c5cc(C(C)C)ns5)nn34)ccnc2c1.COc1cnc2c(NCc3nnc4ccc(-c5cncc(Cl)c5)nn34)ccnc2c1.COc1cnc2c(NCc3nnc4ccc(-c5csc(OC)n5)nn34)ccnc2c1.COc1cnc2c(NCc3nnc4ccc(C5CC(C)=NO5)nn34)ccnc2c1.O=c1ccc2c(ccn2Cc2cnc3ccc(-c4ccccc4)nn23)[nH]1. The van der Waals surface area contributed by atoms with E-state index in [9.17, 15) is 4.79 Å². The molecule has 24 heterocycles. The summed E-state index contributed by atoms with van der Waals surface area (Å²) in [7, 11) is 8.01. The summed E-state index contributed by atoms with van der Waals surface area (Å²) in [5, 5.41) is 77.9. The van der Waals surface area contributed by atoms with Gasteiger partial charge >= 0.3 is 0 Å². The van der Waals surface area contributed by atoms with Crippen molar-refractivity contribution in [2.45, 2.75) is 71.9 Å². The molecule has 1 atom stereocenters. The van der Waals surface area contributed by atoms with Crippen LogP contribution in [-0.2, 0) is 37.6 Å². The normalized spacial score (nSPS) is 12.2. The molecule has 0 fully saturated rings. The number of imidazole rings is 1. The second-order valence-electron chi connectivity index (χ2n) is 32.9. The van der Waals surface area contributed by atoms with Crippen molar-refractivity contribution < 1.29 is 28.5 Å². The summed E-state index contributed by atoms with van der Waals surface area (Å²) < 4.78 is 41.4. The molecule has 0 saturated carbocycles. The predicted octanol–water partition coefficient (Wildman–Crippen LogP) is 15.8. The van der Waals surface area contributed by atoms with E-state index < -0.39 is 0 Å². The Kier molecular flexibility index (Phi) is 26.8. The topological polar surface area (TPSA) is 498 Å². The lowest BCUT2D eigenvalue weighted by Crippen LogP contribution is -2.10. The number of hydrogen-bond acceptors (Lipinski definition) is 39. The predicted molar refractivity (Wildman–Crippen MR) is 550 cm³/mol. The van der Waals surface area contributed by atoms with Crippen LogP contribution in [-0.4, -0.2) is 199 Å². The van der Waals surface area contributed by atoms with Crippen molar-refractivity contribution in [3.8, 4) is 72.7 Å². The Morgan fingerprint density at radius 1 is 0.452 bits per heavy atom. The number of ether oxygens (including phenoxy) is 5. The number of anilines is 4. The molecule has 0 radical (unpaired) electrons. The molecule has 1 aliphatic rings. The van der Waals surface area contributed by atoms with Gasteiger partial charge in [-0.05, 0) is 134 Å². The summed E-state index contributed by atoms with van der Waals surface area (Å²) in [6.07, 6.45) is 21.2. The summed E-state index contributed by atoms with van der Waals surface area (Å²) in [4.78, 5) is 69.0. The molecular formula is C99H84ClN37O7S2. The summed E-state index contributed by atoms with van der Waals surface area (Å²) in [5.74, 6) is 5.71. The second kappa shape index (κ2) is 41.9. The number of nitrogens with zero attached hydrogens (tertiary/aromatic N) is 32. The number of rotatable bonds is 25. The van der Waals surface area contributed by atoms with Crippen molar-refractivity contribution in [2.24, 2.45) is 5.16 Å². The van der Waals surface area contributed by atoms with E-state index in [-0.39, 0.29) is 11.7 Å². The largest absolute Gasteiger partial charge is 0.495 e. The zero-order chi connectivity index (χ0) is 99.7. The van der Waals surface area contributed by atoms with Gasteiger partial charge in [-0.2, -0.15) is 47.9 Å². The molecule has 146 heavy (non-hydrogen) atoms. The van der Waals surface area contributed by atoms with Gasteiger partial charge in [-0.1, -0.05) is 72.3 Å². The Morgan fingerprint density at radius 2 is 0.925 bits per heavy atom. The van der Waals surface area contributed by atoms with Gasteiger partial charge in [0, 0.05) is 96.6 Å². The van der Waals surface area contributed by atoms with Crippen LogP contribution in [0.5, 0.6) is 28.2 Å². The molecule has 0 aliphatic carbocycles. The molecule has 47 heteroatoms. The number of aromatic nitrogens is 32. The quantitative estimate of drug-likeness (QED) is 0.0355. The van der Waals surface area contributed by atoms with Gasteiger partial charge in [0.1, 0.15) is 67.8 Å². The highest BCUT2D eigenvalue weighted by molar-refractivity contribution is 7.11. The lowest BCUT2D eigenvalue weighted by Gasteiger charge is -2.10. The van der Waals surface area contributed by atoms with E-state index in [0.29, 0.717) is 123 Å². The Labute approximate surface area is 839 Å². The summed E-state index contributed by atoms with van der Waals surface area (Å²) >= 11 is 8.93. The van der Waals surface area contributed by atoms with E-state index in [1.165, 1.54) is 22.9 Å². The average molecular weight is 2000 g/mol. The first-order valence-corrected chi connectivity index (χ1v) is 47.4. The minimum Gasteiger partial charge on any atom is -0.495 e. The molecule has 25 rings (SSSR count). The van der Waals surface area contributed by atoms with Crippen molar-refractivity contribution in [2.75, 3.05) is 56.8 Å². The number of fused-ring (bicyclic) bond motifs is 10. The fraction of sp³-hybridized carbons (Fsp3) is 0.162. The number of hydrogen-bond donors (Lipinski definition) is 5. The van der Waals surface area contributed by atoms with Crippen LogP contribution in [0.1, 0.15) is 79.6 Å². The molecule has 0 spiro atoms. The molecule has 1 aliphatic heterocycles. The van der Waals surface area contributed by atoms with E-state index >= 15 is 0 Å². The van der Waals surface area contributed by atoms with Crippen LogP contribution in [0.4, 0.5) is 22.7 Å². The number of H-pyrrole nitrogens is 1. The number of aromatic amines is 1. The minimum absolute atomic E-state index is 0.0979. The van der Waals surface area contributed by atoms with Gasteiger partial charge in [-0.25, -0.2) is 34.4 Å². The van der Waals surface area contributed by atoms with E-state index in [4.69, 9.17) is 50.3 Å². The fourth-order valence-corrected chi connectivity index (χ4v) is 17.4. The van der Waals surface area contributed by atoms with Crippen LogP contribution in [0.2, 0.25) is 5.02 Å². The highest BCUT2D eigenvalue weighted by Crippen LogP contribution is 2.34. The monoisotopic (exact) mass is 2000 g/mol. The molecule has 23 aromatic heterocycles. The van der Waals surface area contributed by atoms with Gasteiger partial charge in [0.25, 0.3) is 5.19 Å². The summed E-state index contributed by atoms with van der Waals surface area (Å²) in [6.45, 7) is 8.48. The van der Waals surface area contributed by atoms with Crippen molar-refractivity contribution >= 4 is 146 Å². The first-order valence-electron chi connectivity index (χ1n) is 45.4. The molecule has 5 N–H and O–H groups in total. The van der Waals surface area contributed by atoms with E-state index in [1.54, 1.807) is 122 Å². The van der Waals surface area contributed by atoms with Crippen molar-refractivity contribution in [3.63, 3.8) is 0 Å². The van der Waals surface area contributed by atoms with E-state index in [2.05, 4.69) is 171 Å². The Balaban J connectivity index is 0.000000107. The first-order chi connectivity index (χ1) is 71.6. The molecule has 0 saturated heterocycles. The van der Waals surface area contributed by atoms with E-state index in [0.717, 1.165) is 152 Å². The highest BCUT2D eigenvalue weighted by Gasteiger charge is 2.25. The third kappa shape index (κ3) is 20.3. The van der Waals surface area contributed by atoms with Gasteiger partial charge in [0.2, 0.25) is 5.56 Å². The van der Waals surface area contributed by atoms with Gasteiger partial charge in [-0.3, -0.25) is 29.7 Å². The van der Waals surface area contributed by atoms with Crippen LogP contribution >= 0.6 is 34.5 Å². The standard InChI is InChI=1S/C21H20N8OS.C20H15ClN8O.C20H15N5O.C19H16N8O2S.C19H18N8O2/c1-12(2)16-9-18(31-28-16)14-4-5-19-25-26-20(29(19)27-14)11-23-15-6-7-22-17-8-13(30-3)10-24-21(15)17;1-30-14-7-17-20(25-10-14)16(4-5-23-17)24-11-19-27-26-18-3-2-15(28-29(18)19)12-6-13(21)9-22-8-12;26-20-9-7-18-17(22-20)10-11-24(18)13-15-12-21-19-8-6-16(23-25(15)19)14-4-2-1-3-5-14;1-28-11-7-14-18(22-8-11)13(5-6-20-14)21-9-17-25-24-16-4-3-12(26-27(16)17)15-10-30-19(23-15)29-2;1-11-7-16(29-26-11)13-3-4-17-23-24-18(27(17)25-13)10-21-14-5-6-20-15-8-12(28-2)9-22-19(14)15/h4-10,12H,11H2,1-3H3,(H,22,23);2-10H,11H2,1H3,(H,23,24);1-12H,13H2,(H,22,26);3-8,10H,9H2,1-2H3,(H,20,21);3-6,8-9,16H,7,10H2,1-2H3,(H,20,21). The fourth-order valence-electron chi connectivity index (χ4n) is 15.7. The van der Waals surface area contributed by atoms with Crippen molar-refractivity contribution in [3.05, 3.63) is 305 Å². The Morgan fingerprint density at radius 3 is 1.40 bits per heavy atom. The van der Waals surface area contributed by atoms with Gasteiger partial charge in [0.15, 0.2) is 57.6 Å². The first kappa shape index (κ1) is 93.4. The minimum atomic E-state index is -0.175. The lowest BCUT2D eigenvalue weighted by atomic mass is 10.1. The maximum Gasteiger partial charge on any atom is 0.273 e. The number of methoxy groups -OCH3 is 5. The second-order valence-corrected chi connectivity index (χ2v) is 35.0. The third-order valence-corrected chi connectivity index (χ3v) is 25.0. The van der Waals surface area contributed by atoms with Crippen LogP contribution in [0, 0.1) is 0 Å². The van der Waals surface area contributed by atoms with Crippen LogP contribution in [0.15, 0.2) is 260 Å². The number of halogens is 1. The lowest BCUT2D eigenvalue weighted by molar-refractivity contribution is 0.0816. The van der Waals surface area contributed by atoms with Crippen LogP contribution < -0.4 is 50.5 Å². The smallest absolute Gasteiger partial charge is 0.273 e. The van der Waals surface area contributed by atoms with Crippen molar-refractivity contribution in [1.82, 2.24) is 158 Å². The maximum atomic E-state index is 11.5. The van der Waals surface area contributed by atoms with Gasteiger partial charge < -0.3 is 59.3 Å². The zero-order valence-electron chi connectivity index (χ0n) is 78.9. The van der Waals surface area contributed by atoms with E-state index in [1.807, 2.05) is 187 Å². The van der Waals surface area contributed by atoms with Crippen molar-refractivity contribution in [1.29, 1.82) is 0 Å². The molecule has 24 aromatic rings. The molecule has 726 valence electrons. The number of nitrogens with one attached hydrogen (secondary N) is 5. The average Bonchev–Trinajstić information content (AvgIpc) is 1.66. The highest BCUT2D eigenvalue weighted by atomic mass is 35.5. The van der Waals surface area contributed by atoms with Crippen LogP contribution in [0.25, 0.3) is 128 Å². The molecule has 0 amide bonds. The summed E-state index contributed by atoms with van der Waals surface area (Å²) in [6, 6.07) is 53.2. The maximum absolute atomic E-state index is 11.5.